The van der Waals surface area contributed by atoms with Crippen molar-refractivity contribution >= 4 is 23.2 Å². The summed E-state index contributed by atoms with van der Waals surface area (Å²) in [7, 11) is 0. The third-order valence-corrected chi connectivity index (χ3v) is 2.64. The molecule has 3 N–H and O–H groups in total. The van der Waals surface area contributed by atoms with Crippen LogP contribution < -0.4 is 11.1 Å². The van der Waals surface area contributed by atoms with Crippen LogP contribution in [-0.2, 0) is 17.9 Å². The number of carbonyl (C=O) groups is 1. The molecule has 0 aliphatic rings. The number of nitrogens with one attached hydrogen (secondary N) is 1. The van der Waals surface area contributed by atoms with Gasteiger partial charge in [-0.3, -0.25) is 4.79 Å². The van der Waals surface area contributed by atoms with Crippen LogP contribution in [0.5, 0.6) is 0 Å². The number of anilines is 1. The molecular weight excluding hydrogens is 273 g/mol. The van der Waals surface area contributed by atoms with Gasteiger partial charge in [0.15, 0.2) is 0 Å². The molecule has 0 saturated carbocycles. The highest BCUT2D eigenvalue weighted by Gasteiger charge is 2.11. The predicted octanol–water partition coefficient (Wildman–Crippen LogP) is 1.17. The summed E-state index contributed by atoms with van der Waals surface area (Å²) in [4.78, 5) is 11.7. The number of aromatic nitrogens is 3. The van der Waals surface area contributed by atoms with Crippen LogP contribution in [0.15, 0.2) is 24.4 Å². The van der Waals surface area contributed by atoms with Crippen LogP contribution in [0, 0.1) is 5.82 Å². The van der Waals surface area contributed by atoms with Crippen molar-refractivity contribution in [3.8, 4) is 0 Å². The zero-order chi connectivity index (χ0) is 13.8. The molecule has 1 amide bonds. The van der Waals surface area contributed by atoms with Crippen molar-refractivity contribution in [1.29, 1.82) is 0 Å². The maximum Gasteiger partial charge on any atom is 0.246 e. The van der Waals surface area contributed by atoms with Gasteiger partial charge in [-0.25, -0.2) is 9.07 Å². The van der Waals surface area contributed by atoms with E-state index in [9.17, 15) is 9.18 Å². The van der Waals surface area contributed by atoms with Gasteiger partial charge in [0.2, 0.25) is 5.91 Å². The van der Waals surface area contributed by atoms with E-state index < -0.39 is 11.7 Å². The van der Waals surface area contributed by atoms with E-state index in [2.05, 4.69) is 15.6 Å². The van der Waals surface area contributed by atoms with Crippen LogP contribution in [0.25, 0.3) is 0 Å². The minimum Gasteiger partial charge on any atom is -0.325 e. The normalized spacial score (nSPS) is 10.5. The smallest absolute Gasteiger partial charge is 0.246 e. The van der Waals surface area contributed by atoms with Gasteiger partial charge in [-0.05, 0) is 12.1 Å². The van der Waals surface area contributed by atoms with Gasteiger partial charge in [0.1, 0.15) is 12.4 Å². The zero-order valence-electron chi connectivity index (χ0n) is 9.81. The Labute approximate surface area is 113 Å². The van der Waals surface area contributed by atoms with Gasteiger partial charge in [-0.15, -0.1) is 5.10 Å². The molecule has 2 rings (SSSR count). The highest BCUT2D eigenvalue weighted by molar-refractivity contribution is 6.33. The van der Waals surface area contributed by atoms with E-state index in [1.165, 1.54) is 22.9 Å². The summed E-state index contributed by atoms with van der Waals surface area (Å²) in [5.74, 6) is -1.05. The Bertz CT molecular complexity index is 580. The molecule has 0 radical (unpaired) electrons. The van der Waals surface area contributed by atoms with Crippen molar-refractivity contribution < 1.29 is 9.18 Å². The Morgan fingerprint density at radius 3 is 2.95 bits per heavy atom. The summed E-state index contributed by atoms with van der Waals surface area (Å²) >= 11 is 5.80. The molecule has 8 heteroatoms. The Morgan fingerprint density at radius 1 is 1.53 bits per heavy atom. The van der Waals surface area contributed by atoms with E-state index in [-0.39, 0.29) is 23.8 Å². The topological polar surface area (TPSA) is 85.8 Å². The number of carbonyl (C=O) groups excluding carboxylic acids is 1. The largest absolute Gasteiger partial charge is 0.325 e. The molecule has 0 fully saturated rings. The van der Waals surface area contributed by atoms with Gasteiger partial charge in [-0.1, -0.05) is 22.9 Å². The first-order valence-electron chi connectivity index (χ1n) is 5.43. The second kappa shape index (κ2) is 5.77. The highest BCUT2D eigenvalue weighted by Crippen LogP contribution is 2.24. The number of para-hydroxylation sites is 1. The minimum atomic E-state index is -0.595. The molecule has 0 saturated heterocycles. The third-order valence-electron chi connectivity index (χ3n) is 2.33. The van der Waals surface area contributed by atoms with Gasteiger partial charge >= 0.3 is 0 Å². The first-order valence-corrected chi connectivity index (χ1v) is 5.81. The predicted molar refractivity (Wildman–Crippen MR) is 68.0 cm³/mol. The van der Waals surface area contributed by atoms with Crippen LogP contribution in [0.2, 0.25) is 5.02 Å². The number of nitrogens with two attached hydrogens (primary N) is 1. The van der Waals surface area contributed by atoms with Crippen LogP contribution in [0.1, 0.15) is 5.69 Å². The lowest BCUT2D eigenvalue weighted by Crippen LogP contribution is -2.20. The van der Waals surface area contributed by atoms with Crippen LogP contribution in [-0.4, -0.2) is 20.9 Å². The molecular formula is C11H11ClFN5O. The number of hydrogen-bond acceptors (Lipinski definition) is 4. The first-order chi connectivity index (χ1) is 9.10. The summed E-state index contributed by atoms with van der Waals surface area (Å²) in [5, 5.41) is 9.97. The molecule has 6 nitrogen and oxygen atoms in total. The lowest BCUT2D eigenvalue weighted by atomic mass is 10.3. The summed E-state index contributed by atoms with van der Waals surface area (Å²) in [6.45, 7) is 0.137. The fraction of sp³-hybridized carbons (Fsp3) is 0.182. The lowest BCUT2D eigenvalue weighted by molar-refractivity contribution is -0.116. The van der Waals surface area contributed by atoms with Crippen molar-refractivity contribution in [1.82, 2.24) is 15.0 Å². The molecule has 0 aliphatic carbocycles. The first kappa shape index (κ1) is 13.4. The molecule has 2 aromatic rings. The van der Waals surface area contributed by atoms with Crippen molar-refractivity contribution in [3.63, 3.8) is 0 Å². The van der Waals surface area contributed by atoms with Crippen LogP contribution in [0.4, 0.5) is 10.1 Å². The van der Waals surface area contributed by atoms with Gasteiger partial charge < -0.3 is 11.1 Å². The Balaban J connectivity index is 2.05. The fourth-order valence-corrected chi connectivity index (χ4v) is 1.66. The molecule has 0 aliphatic heterocycles. The second-order valence-corrected chi connectivity index (χ2v) is 4.16. The molecule has 1 aromatic carbocycles. The number of hydrogen-bond donors (Lipinski definition) is 2. The maximum absolute atomic E-state index is 13.5. The zero-order valence-corrected chi connectivity index (χ0v) is 10.6. The monoisotopic (exact) mass is 283 g/mol. The summed E-state index contributed by atoms with van der Waals surface area (Å²) in [6.07, 6.45) is 1.54. The van der Waals surface area contributed by atoms with Gasteiger partial charge in [0.25, 0.3) is 0 Å². The number of halogens is 2. The number of nitrogens with zero attached hydrogens (tertiary/aromatic N) is 3. The Kier molecular flexibility index (Phi) is 4.08. The average molecular weight is 284 g/mol. The summed E-state index contributed by atoms with van der Waals surface area (Å²) in [5.41, 5.74) is 5.89. The number of rotatable bonds is 4. The quantitative estimate of drug-likeness (QED) is 0.882. The lowest BCUT2D eigenvalue weighted by Gasteiger charge is -2.07. The third kappa shape index (κ3) is 3.27. The van der Waals surface area contributed by atoms with Crippen molar-refractivity contribution in [2.45, 2.75) is 13.1 Å². The van der Waals surface area contributed by atoms with Gasteiger partial charge in [0, 0.05) is 6.54 Å². The molecule has 1 aromatic heterocycles. The molecule has 0 bridgehead atoms. The average Bonchev–Trinajstić information content (AvgIpc) is 2.81. The molecule has 1 heterocycles. The van der Waals surface area contributed by atoms with E-state index in [0.717, 1.165) is 0 Å². The second-order valence-electron chi connectivity index (χ2n) is 3.76. The van der Waals surface area contributed by atoms with E-state index in [0.29, 0.717) is 5.69 Å². The van der Waals surface area contributed by atoms with Crippen LogP contribution >= 0.6 is 11.6 Å². The number of amides is 1. The van der Waals surface area contributed by atoms with Gasteiger partial charge in [0.05, 0.1) is 22.6 Å². The maximum atomic E-state index is 13.5. The SMILES string of the molecule is NCc1cn(CC(=O)Nc2c(F)cccc2Cl)nn1. The molecule has 19 heavy (non-hydrogen) atoms. The van der Waals surface area contributed by atoms with E-state index in [4.69, 9.17) is 17.3 Å². The molecule has 100 valence electrons. The molecule has 0 spiro atoms. The Hall–Kier alpha value is -1.99. The van der Waals surface area contributed by atoms with Crippen LogP contribution in [0.3, 0.4) is 0 Å². The molecule has 0 unspecified atom stereocenters. The van der Waals surface area contributed by atoms with Crippen molar-refractivity contribution in [2.24, 2.45) is 5.73 Å². The Morgan fingerprint density at radius 2 is 2.32 bits per heavy atom. The van der Waals surface area contributed by atoms with Crippen molar-refractivity contribution in [3.05, 3.63) is 40.9 Å². The van der Waals surface area contributed by atoms with Crippen molar-refractivity contribution in [2.75, 3.05) is 5.32 Å². The minimum absolute atomic E-state index is 0.0478. The van der Waals surface area contributed by atoms with Gasteiger partial charge in [-0.2, -0.15) is 0 Å². The standard InChI is InChI=1S/C11H11ClFN5O/c12-8-2-1-3-9(13)11(8)15-10(19)6-18-5-7(4-14)16-17-18/h1-3,5H,4,6,14H2,(H,15,19). The summed E-state index contributed by atoms with van der Waals surface area (Å²) in [6, 6.07) is 4.16. The number of benzene rings is 1. The molecule has 0 atom stereocenters. The van der Waals surface area contributed by atoms with E-state index in [1.807, 2.05) is 0 Å². The highest BCUT2D eigenvalue weighted by atomic mass is 35.5. The fourth-order valence-electron chi connectivity index (χ4n) is 1.45. The van der Waals surface area contributed by atoms with E-state index in [1.54, 1.807) is 6.20 Å². The summed E-state index contributed by atoms with van der Waals surface area (Å²) < 4.78 is 14.8. The van der Waals surface area contributed by atoms with E-state index >= 15 is 0 Å².